The fourth-order valence-corrected chi connectivity index (χ4v) is 6.88. The predicted molar refractivity (Wildman–Crippen MR) is 184 cm³/mol. The number of hydrogen-bond donors (Lipinski definition) is 1. The zero-order chi connectivity index (χ0) is 34.4. The zero-order valence-electron chi connectivity index (χ0n) is 25.7. The second-order valence-corrected chi connectivity index (χ2v) is 16.9. The van der Waals surface area contributed by atoms with Crippen molar-refractivity contribution in [2.75, 3.05) is 37.2 Å². The molecule has 14 heteroatoms. The number of thiophene rings is 1. The van der Waals surface area contributed by atoms with Crippen molar-refractivity contribution in [3.63, 3.8) is 0 Å². The van der Waals surface area contributed by atoms with Gasteiger partial charge < -0.3 is 19.5 Å². The van der Waals surface area contributed by atoms with Crippen LogP contribution in [0.5, 0.6) is 0 Å². The molecule has 1 N–H and O–H groups in total. The lowest BCUT2D eigenvalue weighted by molar-refractivity contribution is -0.142. The van der Waals surface area contributed by atoms with Crippen molar-refractivity contribution in [2.45, 2.75) is 19.2 Å². The highest BCUT2D eigenvalue weighted by Gasteiger charge is 2.29. The van der Waals surface area contributed by atoms with E-state index in [0.29, 0.717) is 21.7 Å². The molecule has 0 aliphatic carbocycles. The minimum Gasteiger partial charge on any atom is -0.461 e. The first-order valence-electron chi connectivity index (χ1n) is 14.3. The van der Waals surface area contributed by atoms with Crippen LogP contribution in [-0.4, -0.2) is 82.1 Å². The Balaban J connectivity index is 1.88. The van der Waals surface area contributed by atoms with Gasteiger partial charge in [-0.05, 0) is 28.8 Å². The molecule has 10 nitrogen and oxygen atoms in total. The van der Waals surface area contributed by atoms with Gasteiger partial charge in [0.25, 0.3) is 0 Å². The number of aliphatic hydroxyl groups is 1. The van der Waals surface area contributed by atoms with Crippen LogP contribution in [0.1, 0.15) is 16.0 Å². The molecule has 1 aliphatic heterocycles. The number of allylic oxidation sites excluding steroid dienone is 2. The molecule has 2 heterocycles. The Kier molecular flexibility index (Phi) is 11.9. The summed E-state index contributed by atoms with van der Waals surface area (Å²) < 4.78 is 58.6. The average Bonchev–Trinajstić information content (AvgIpc) is 3.32. The van der Waals surface area contributed by atoms with Gasteiger partial charge in [0.05, 0.1) is 46.9 Å². The first kappa shape index (κ1) is 36.1. The van der Waals surface area contributed by atoms with Crippen LogP contribution in [0.3, 0.4) is 0 Å². The molecule has 1 atom stereocenters. The number of halogens is 1. The van der Waals surface area contributed by atoms with E-state index in [9.17, 15) is 31.5 Å². The smallest absolute Gasteiger partial charge is 0.340 e. The monoisotopic (exact) mass is 719 g/mol. The third kappa shape index (κ3) is 9.88. The van der Waals surface area contributed by atoms with Crippen molar-refractivity contribution in [2.24, 2.45) is 0 Å². The third-order valence-electron chi connectivity index (χ3n) is 7.07. The van der Waals surface area contributed by atoms with Gasteiger partial charge in [0, 0.05) is 33.7 Å². The number of carbonyl (C=O) groups is 2. The van der Waals surface area contributed by atoms with Crippen molar-refractivity contribution in [3.8, 4) is 0 Å². The minimum atomic E-state index is -3.48. The maximum Gasteiger partial charge on any atom is 0.340 e. The SMILES string of the molecule is C=CC1C=C(c2ccc(CO)cc2)C=C(C(=O)OCCS(C)(=O)=O)C(C(=O)OCCS(C)(=O)=O)=CN1Cc1sc2ccccc2c1Cl. The van der Waals surface area contributed by atoms with Crippen LogP contribution in [0.25, 0.3) is 15.7 Å². The molecule has 250 valence electrons. The molecule has 1 aromatic heterocycles. The van der Waals surface area contributed by atoms with Crippen molar-refractivity contribution in [1.82, 2.24) is 4.90 Å². The van der Waals surface area contributed by atoms with Crippen LogP contribution in [0.2, 0.25) is 5.02 Å². The second-order valence-electron chi connectivity index (χ2n) is 10.8. The molecule has 1 unspecified atom stereocenters. The molecule has 4 rings (SSSR count). The summed E-state index contributed by atoms with van der Waals surface area (Å²) in [6.45, 7) is 3.07. The van der Waals surface area contributed by atoms with Gasteiger partial charge in [0.2, 0.25) is 0 Å². The van der Waals surface area contributed by atoms with E-state index in [4.69, 9.17) is 21.1 Å². The van der Waals surface area contributed by atoms with Crippen LogP contribution in [0, 0.1) is 0 Å². The molecule has 1 aliphatic rings. The molecular formula is C33H34ClNO9S3. The highest BCUT2D eigenvalue weighted by molar-refractivity contribution is 7.90. The van der Waals surface area contributed by atoms with E-state index in [1.807, 2.05) is 30.3 Å². The highest BCUT2D eigenvalue weighted by Crippen LogP contribution is 2.37. The lowest BCUT2D eigenvalue weighted by Gasteiger charge is -2.29. The number of hydrogen-bond acceptors (Lipinski definition) is 11. The summed E-state index contributed by atoms with van der Waals surface area (Å²) in [6, 6.07) is 14.0. The Bertz CT molecular complexity index is 1980. The molecule has 2 aromatic carbocycles. The Morgan fingerprint density at radius 2 is 1.55 bits per heavy atom. The molecule has 3 aromatic rings. The molecule has 0 fully saturated rings. The van der Waals surface area contributed by atoms with Crippen LogP contribution in [-0.2, 0) is 51.9 Å². The lowest BCUT2D eigenvalue weighted by Crippen LogP contribution is -2.31. The van der Waals surface area contributed by atoms with Gasteiger partial charge in [0.1, 0.15) is 13.2 Å². The summed E-state index contributed by atoms with van der Waals surface area (Å²) >= 11 is 8.26. The van der Waals surface area contributed by atoms with E-state index >= 15 is 0 Å². The predicted octanol–water partition coefficient (Wildman–Crippen LogP) is 4.49. The molecule has 0 saturated carbocycles. The van der Waals surface area contributed by atoms with Crippen LogP contribution < -0.4 is 0 Å². The Labute approximate surface area is 283 Å². The standard InChI is InChI=1S/C33H34ClNO9S3/c1-4-25-17-24(23-11-9-22(21-36)10-12-23)18-27(32(37)43-13-15-46(2,39)40)28(33(38)44-14-16-47(3,41)42)19-35(25)20-30-31(34)26-7-5-6-8-29(26)45-30/h4-12,17-19,25,36H,1,13-16,20-21H2,2-3H3. The van der Waals surface area contributed by atoms with E-state index in [0.717, 1.165) is 27.5 Å². The number of esters is 2. The van der Waals surface area contributed by atoms with E-state index in [2.05, 4.69) is 6.58 Å². The summed E-state index contributed by atoms with van der Waals surface area (Å²) in [5.74, 6) is -2.87. The number of sulfone groups is 2. The number of ether oxygens (including phenoxy) is 2. The normalized spacial score (nSPS) is 15.6. The third-order valence-corrected chi connectivity index (χ3v) is 10.6. The van der Waals surface area contributed by atoms with Crippen LogP contribution in [0.4, 0.5) is 0 Å². The quantitative estimate of drug-likeness (QED) is 0.198. The van der Waals surface area contributed by atoms with Gasteiger partial charge in [-0.1, -0.05) is 66.2 Å². The van der Waals surface area contributed by atoms with Gasteiger partial charge in [-0.3, -0.25) is 0 Å². The topological polar surface area (TPSA) is 144 Å². The molecule has 0 spiro atoms. The molecular weight excluding hydrogens is 686 g/mol. The Hall–Kier alpha value is -3.75. The number of carbonyl (C=O) groups excluding carboxylic acids is 2. The summed E-state index contributed by atoms with van der Waals surface area (Å²) in [4.78, 5) is 29.8. The van der Waals surface area contributed by atoms with Gasteiger partial charge >= 0.3 is 11.9 Å². The maximum atomic E-state index is 13.7. The Morgan fingerprint density at radius 3 is 2.11 bits per heavy atom. The largest absolute Gasteiger partial charge is 0.461 e. The fraction of sp³-hybridized carbons (Fsp3) is 0.273. The first-order valence-corrected chi connectivity index (χ1v) is 19.6. The highest BCUT2D eigenvalue weighted by atomic mass is 35.5. The summed E-state index contributed by atoms with van der Waals surface area (Å²) in [5.41, 5.74) is 1.28. The van der Waals surface area contributed by atoms with Crippen molar-refractivity contribution >= 4 is 70.2 Å². The lowest BCUT2D eigenvalue weighted by atomic mass is 9.94. The molecule has 0 bridgehead atoms. The van der Waals surface area contributed by atoms with Gasteiger partial charge in [-0.25, -0.2) is 26.4 Å². The number of benzene rings is 2. The molecule has 0 radical (unpaired) electrons. The molecule has 0 saturated heterocycles. The zero-order valence-corrected chi connectivity index (χ0v) is 28.9. The number of aliphatic hydroxyl groups excluding tert-OH is 1. The van der Waals surface area contributed by atoms with Crippen LogP contribution >= 0.6 is 22.9 Å². The summed E-state index contributed by atoms with van der Waals surface area (Å²) in [6.07, 6.45) is 8.33. The fourth-order valence-electron chi connectivity index (χ4n) is 4.61. The first-order chi connectivity index (χ1) is 22.2. The number of fused-ring (bicyclic) bond motifs is 1. The average molecular weight is 720 g/mol. The second kappa shape index (κ2) is 15.4. The van der Waals surface area contributed by atoms with Crippen molar-refractivity contribution < 1.29 is 41.0 Å². The summed E-state index contributed by atoms with van der Waals surface area (Å²) in [5, 5.41) is 11.0. The maximum absolute atomic E-state index is 13.7. The van der Waals surface area contributed by atoms with Crippen molar-refractivity contribution in [3.05, 3.63) is 112 Å². The minimum absolute atomic E-state index is 0.179. The summed E-state index contributed by atoms with van der Waals surface area (Å²) in [7, 11) is -6.95. The van der Waals surface area contributed by atoms with Crippen molar-refractivity contribution in [1.29, 1.82) is 0 Å². The van der Waals surface area contributed by atoms with Crippen LogP contribution in [0.15, 0.2) is 90.7 Å². The van der Waals surface area contributed by atoms with Gasteiger partial charge in [-0.15, -0.1) is 17.9 Å². The van der Waals surface area contributed by atoms with E-state index in [1.165, 1.54) is 23.6 Å². The van der Waals surface area contributed by atoms with E-state index in [1.54, 1.807) is 35.2 Å². The van der Waals surface area contributed by atoms with E-state index < -0.39 is 62.4 Å². The number of nitrogens with zero attached hydrogens (tertiary/aromatic N) is 1. The van der Waals surface area contributed by atoms with E-state index in [-0.39, 0.29) is 24.3 Å². The molecule has 0 amide bonds. The van der Waals surface area contributed by atoms with Gasteiger partial charge in [0.15, 0.2) is 19.7 Å². The number of rotatable bonds is 13. The Morgan fingerprint density at radius 1 is 0.957 bits per heavy atom. The van der Waals surface area contributed by atoms with Gasteiger partial charge in [-0.2, -0.15) is 0 Å². The molecule has 47 heavy (non-hydrogen) atoms.